The van der Waals surface area contributed by atoms with Crippen molar-refractivity contribution >= 4 is 5.97 Å². The van der Waals surface area contributed by atoms with Gasteiger partial charge >= 0.3 is 5.97 Å². The highest BCUT2D eigenvalue weighted by Gasteiger charge is 2.62. The first kappa shape index (κ1) is 13.6. The summed E-state index contributed by atoms with van der Waals surface area (Å²) in [6.07, 6.45) is 4.99. The third-order valence-electron chi connectivity index (χ3n) is 5.93. The van der Waals surface area contributed by atoms with Gasteiger partial charge in [0, 0.05) is 23.7 Å². The van der Waals surface area contributed by atoms with Crippen molar-refractivity contribution in [3.8, 4) is 11.1 Å². The number of rotatable bonds is 3. The molecule has 22 heavy (non-hydrogen) atoms. The maximum absolute atomic E-state index is 11.5. The Labute approximate surface area is 129 Å². The normalized spacial score (nSPS) is 29.4. The molecule has 0 spiro atoms. The molecular weight excluding hydrogens is 276 g/mol. The smallest absolute Gasteiger partial charge is 0.307 e. The number of carbonyl (C=O) groups is 1. The van der Waals surface area contributed by atoms with Gasteiger partial charge < -0.3 is 5.11 Å². The summed E-state index contributed by atoms with van der Waals surface area (Å²) in [5, 5.41) is 13.8. The molecule has 3 saturated carbocycles. The molecule has 1 heterocycles. The van der Waals surface area contributed by atoms with Crippen LogP contribution in [0.3, 0.4) is 0 Å². The summed E-state index contributed by atoms with van der Waals surface area (Å²) in [5.74, 6) is -0.419. The standard InChI is InChI=1S/C18H20N2O2/c1-11-15(10-19-20(11)2)12-3-5-14(6-4-12)18-8-7-13(9-18)16(18)17(21)22/h3-6,10,13,16H,7-9H2,1-2H3,(H,21,22)/t13-,16+,18+/m0/s1. The molecule has 2 bridgehead atoms. The number of aryl methyl sites for hydroxylation is 1. The Hall–Kier alpha value is -2.10. The maximum atomic E-state index is 11.5. The largest absolute Gasteiger partial charge is 0.481 e. The topological polar surface area (TPSA) is 55.1 Å². The first-order chi connectivity index (χ1) is 10.5. The molecular formula is C18H20N2O2. The predicted octanol–water partition coefficient (Wildman–Crippen LogP) is 3.15. The van der Waals surface area contributed by atoms with Gasteiger partial charge in [0.1, 0.15) is 0 Å². The summed E-state index contributed by atoms with van der Waals surface area (Å²) in [6, 6.07) is 8.47. The molecule has 3 atom stereocenters. The quantitative estimate of drug-likeness (QED) is 0.946. The second-order valence-electron chi connectivity index (χ2n) is 6.82. The van der Waals surface area contributed by atoms with Gasteiger partial charge in [0.05, 0.1) is 12.1 Å². The minimum Gasteiger partial charge on any atom is -0.481 e. The fourth-order valence-electron chi connectivity index (χ4n) is 4.62. The van der Waals surface area contributed by atoms with Gasteiger partial charge in [-0.05, 0) is 43.2 Å². The first-order valence-corrected chi connectivity index (χ1v) is 7.85. The number of aliphatic carboxylic acids is 1. The molecule has 0 radical (unpaired) electrons. The van der Waals surface area contributed by atoms with E-state index in [2.05, 4.69) is 36.3 Å². The van der Waals surface area contributed by atoms with Crippen LogP contribution in [-0.2, 0) is 17.3 Å². The van der Waals surface area contributed by atoms with E-state index in [4.69, 9.17) is 0 Å². The highest BCUT2D eigenvalue weighted by atomic mass is 16.4. The van der Waals surface area contributed by atoms with E-state index in [1.165, 1.54) is 5.56 Å². The van der Waals surface area contributed by atoms with Crippen molar-refractivity contribution < 1.29 is 9.90 Å². The van der Waals surface area contributed by atoms with E-state index in [1.54, 1.807) is 0 Å². The molecule has 5 rings (SSSR count). The van der Waals surface area contributed by atoms with Crippen molar-refractivity contribution in [3.05, 3.63) is 41.7 Å². The molecule has 3 aliphatic rings. The molecule has 0 saturated heterocycles. The lowest BCUT2D eigenvalue weighted by Gasteiger charge is -2.45. The van der Waals surface area contributed by atoms with Gasteiger partial charge in [-0.3, -0.25) is 9.48 Å². The van der Waals surface area contributed by atoms with Gasteiger partial charge in [0.2, 0.25) is 0 Å². The molecule has 0 aliphatic heterocycles. The fourth-order valence-corrected chi connectivity index (χ4v) is 4.62. The minimum atomic E-state index is -0.624. The van der Waals surface area contributed by atoms with E-state index in [1.807, 2.05) is 17.9 Å². The van der Waals surface area contributed by atoms with Crippen LogP contribution >= 0.6 is 0 Å². The Bertz CT molecular complexity index is 743. The third-order valence-corrected chi connectivity index (χ3v) is 5.93. The highest BCUT2D eigenvalue weighted by Crippen LogP contribution is 2.64. The van der Waals surface area contributed by atoms with E-state index in [0.29, 0.717) is 5.92 Å². The van der Waals surface area contributed by atoms with Crippen LogP contribution in [-0.4, -0.2) is 20.9 Å². The van der Waals surface area contributed by atoms with Crippen LogP contribution in [0.4, 0.5) is 0 Å². The number of fused-ring (bicyclic) bond motifs is 1. The summed E-state index contributed by atoms with van der Waals surface area (Å²) in [6.45, 7) is 2.06. The van der Waals surface area contributed by atoms with Gasteiger partial charge in [-0.2, -0.15) is 5.10 Å². The minimum absolute atomic E-state index is 0.112. The number of hydrogen-bond acceptors (Lipinski definition) is 2. The van der Waals surface area contributed by atoms with Crippen molar-refractivity contribution in [3.63, 3.8) is 0 Å². The number of nitrogens with zero attached hydrogens (tertiary/aromatic N) is 2. The van der Waals surface area contributed by atoms with Gasteiger partial charge in [-0.1, -0.05) is 24.3 Å². The van der Waals surface area contributed by atoms with Crippen LogP contribution in [0.15, 0.2) is 30.5 Å². The molecule has 4 nitrogen and oxygen atoms in total. The molecule has 4 heteroatoms. The predicted molar refractivity (Wildman–Crippen MR) is 83.5 cm³/mol. The van der Waals surface area contributed by atoms with Crippen molar-refractivity contribution in [2.24, 2.45) is 18.9 Å². The summed E-state index contributed by atoms with van der Waals surface area (Å²) in [7, 11) is 1.94. The third kappa shape index (κ3) is 1.64. The van der Waals surface area contributed by atoms with Crippen LogP contribution in [0.25, 0.3) is 11.1 Å². The van der Waals surface area contributed by atoms with Crippen LogP contribution in [0.1, 0.15) is 30.5 Å². The zero-order valence-electron chi connectivity index (χ0n) is 12.9. The molecule has 1 N–H and O–H groups in total. The Morgan fingerprint density at radius 2 is 2.09 bits per heavy atom. The lowest BCUT2D eigenvalue weighted by atomic mass is 9.57. The van der Waals surface area contributed by atoms with Gasteiger partial charge in [-0.15, -0.1) is 0 Å². The molecule has 1 aromatic carbocycles. The Morgan fingerprint density at radius 3 is 2.64 bits per heavy atom. The zero-order chi connectivity index (χ0) is 15.5. The van der Waals surface area contributed by atoms with E-state index >= 15 is 0 Å². The summed E-state index contributed by atoms with van der Waals surface area (Å²) in [4.78, 5) is 11.5. The highest BCUT2D eigenvalue weighted by molar-refractivity contribution is 5.76. The molecule has 2 aromatic rings. The monoisotopic (exact) mass is 296 g/mol. The lowest BCUT2D eigenvalue weighted by molar-refractivity contribution is -0.150. The lowest BCUT2D eigenvalue weighted by Crippen LogP contribution is -2.48. The van der Waals surface area contributed by atoms with Crippen molar-refractivity contribution in [2.75, 3.05) is 0 Å². The Kier molecular flexibility index (Phi) is 2.74. The van der Waals surface area contributed by atoms with Crippen LogP contribution in [0.2, 0.25) is 0 Å². The van der Waals surface area contributed by atoms with E-state index < -0.39 is 5.97 Å². The number of carboxylic acids is 1. The average molecular weight is 296 g/mol. The number of benzene rings is 1. The van der Waals surface area contributed by atoms with Gasteiger partial charge in [0.25, 0.3) is 0 Å². The van der Waals surface area contributed by atoms with E-state index in [-0.39, 0.29) is 11.3 Å². The van der Waals surface area contributed by atoms with E-state index in [0.717, 1.165) is 36.1 Å². The molecule has 114 valence electrons. The first-order valence-electron chi connectivity index (χ1n) is 7.85. The zero-order valence-corrected chi connectivity index (χ0v) is 12.9. The van der Waals surface area contributed by atoms with Crippen molar-refractivity contribution in [1.82, 2.24) is 9.78 Å². The molecule has 3 aliphatic carbocycles. The van der Waals surface area contributed by atoms with Crippen LogP contribution in [0.5, 0.6) is 0 Å². The SMILES string of the molecule is Cc1c(-c2ccc([C@@]34CC[C@@H](C3)[C@@H]4C(=O)O)cc2)cnn1C. The van der Waals surface area contributed by atoms with Crippen LogP contribution in [0, 0.1) is 18.8 Å². The fraction of sp³-hybridized carbons (Fsp3) is 0.444. The molecule has 0 amide bonds. The Balaban J connectivity index is 1.68. The second-order valence-corrected chi connectivity index (χ2v) is 6.82. The van der Waals surface area contributed by atoms with E-state index in [9.17, 15) is 9.90 Å². The van der Waals surface area contributed by atoms with Crippen molar-refractivity contribution in [2.45, 2.75) is 31.6 Å². The number of aromatic nitrogens is 2. The van der Waals surface area contributed by atoms with Gasteiger partial charge in [0.15, 0.2) is 0 Å². The Morgan fingerprint density at radius 1 is 1.36 bits per heavy atom. The summed E-state index contributed by atoms with van der Waals surface area (Å²) < 4.78 is 1.87. The number of hydrogen-bond donors (Lipinski definition) is 1. The average Bonchev–Trinajstić information content (AvgIpc) is 3.14. The van der Waals surface area contributed by atoms with Crippen molar-refractivity contribution in [1.29, 1.82) is 0 Å². The number of carboxylic acid groups (broad SMARTS) is 1. The second kappa shape index (κ2) is 4.45. The molecule has 1 aromatic heterocycles. The molecule has 3 fully saturated rings. The summed E-state index contributed by atoms with van der Waals surface area (Å²) in [5.41, 5.74) is 4.50. The molecule has 0 unspecified atom stereocenters. The maximum Gasteiger partial charge on any atom is 0.307 e. The summed E-state index contributed by atoms with van der Waals surface area (Å²) >= 11 is 0. The van der Waals surface area contributed by atoms with Gasteiger partial charge in [-0.25, -0.2) is 0 Å². The van der Waals surface area contributed by atoms with Crippen LogP contribution < -0.4 is 0 Å².